The number of epoxide rings is 1. The second-order valence-corrected chi connectivity index (χ2v) is 5.61. The van der Waals surface area contributed by atoms with E-state index < -0.39 is 11.8 Å². The first-order valence-electron chi connectivity index (χ1n) is 6.95. The highest BCUT2D eigenvalue weighted by atomic mass is 16.6. The molecule has 3 rings (SSSR count). The first-order chi connectivity index (χ1) is 9.97. The molecule has 2 unspecified atom stereocenters. The van der Waals surface area contributed by atoms with Crippen LogP contribution in [0.4, 0.5) is 0 Å². The van der Waals surface area contributed by atoms with Crippen LogP contribution in [0.1, 0.15) is 19.3 Å². The average Bonchev–Trinajstić information content (AvgIpc) is 3.20. The summed E-state index contributed by atoms with van der Waals surface area (Å²) in [4.78, 5) is 49.5. The van der Waals surface area contributed by atoms with Crippen LogP contribution < -0.4 is 0 Å². The molecule has 0 aromatic carbocycles. The van der Waals surface area contributed by atoms with E-state index in [4.69, 9.17) is 4.74 Å². The summed E-state index contributed by atoms with van der Waals surface area (Å²) in [5.41, 5.74) is 0.459. The third-order valence-electron chi connectivity index (χ3n) is 4.10. The van der Waals surface area contributed by atoms with Crippen molar-refractivity contribution in [1.82, 2.24) is 9.80 Å². The Labute approximate surface area is 121 Å². The summed E-state index contributed by atoms with van der Waals surface area (Å²) in [6.07, 6.45) is 2.81. The van der Waals surface area contributed by atoms with Crippen LogP contribution in [0.2, 0.25) is 0 Å². The average molecular weight is 292 g/mol. The third kappa shape index (κ3) is 2.61. The van der Waals surface area contributed by atoms with E-state index >= 15 is 0 Å². The van der Waals surface area contributed by atoms with Crippen LogP contribution in [-0.2, 0) is 23.9 Å². The van der Waals surface area contributed by atoms with Crippen molar-refractivity contribution in [2.45, 2.75) is 25.4 Å². The van der Waals surface area contributed by atoms with Gasteiger partial charge < -0.3 is 4.74 Å². The van der Waals surface area contributed by atoms with Crippen molar-refractivity contribution in [2.24, 2.45) is 5.92 Å². The molecule has 0 spiro atoms. The molecule has 0 bridgehead atoms. The maximum absolute atomic E-state index is 12.2. The van der Waals surface area contributed by atoms with Gasteiger partial charge in [-0.3, -0.25) is 29.0 Å². The van der Waals surface area contributed by atoms with Crippen molar-refractivity contribution in [3.63, 3.8) is 0 Å². The summed E-state index contributed by atoms with van der Waals surface area (Å²) < 4.78 is 5.08. The smallest absolute Gasteiger partial charge is 0.256 e. The number of imide groups is 2. The van der Waals surface area contributed by atoms with E-state index in [0.717, 1.165) is 16.2 Å². The van der Waals surface area contributed by atoms with Gasteiger partial charge in [0.1, 0.15) is 0 Å². The lowest BCUT2D eigenvalue weighted by molar-refractivity contribution is -0.139. The monoisotopic (exact) mass is 292 g/mol. The Hall–Kier alpha value is -2.02. The zero-order valence-corrected chi connectivity index (χ0v) is 11.7. The van der Waals surface area contributed by atoms with Crippen LogP contribution in [0.25, 0.3) is 0 Å². The van der Waals surface area contributed by atoms with E-state index in [2.05, 4.69) is 0 Å². The first kappa shape index (κ1) is 13.9. The van der Waals surface area contributed by atoms with Gasteiger partial charge in [-0.1, -0.05) is 0 Å². The Morgan fingerprint density at radius 2 is 2.00 bits per heavy atom. The molecule has 7 heteroatoms. The van der Waals surface area contributed by atoms with Gasteiger partial charge in [-0.15, -0.1) is 0 Å². The van der Waals surface area contributed by atoms with Crippen molar-refractivity contribution in [3.8, 4) is 0 Å². The maximum Gasteiger partial charge on any atom is 0.256 e. The predicted octanol–water partition coefficient (Wildman–Crippen LogP) is -0.534. The van der Waals surface area contributed by atoms with Gasteiger partial charge in [0.25, 0.3) is 11.8 Å². The molecule has 2 atom stereocenters. The number of carbonyl (C=O) groups excluding carboxylic acids is 4. The first-order valence-corrected chi connectivity index (χ1v) is 6.95. The maximum atomic E-state index is 12.2. The predicted molar refractivity (Wildman–Crippen MR) is 69.7 cm³/mol. The van der Waals surface area contributed by atoms with Gasteiger partial charge >= 0.3 is 0 Å². The third-order valence-corrected chi connectivity index (χ3v) is 4.10. The van der Waals surface area contributed by atoms with E-state index in [1.807, 2.05) is 0 Å². The zero-order valence-electron chi connectivity index (χ0n) is 11.7. The lowest BCUT2D eigenvalue weighted by atomic mass is 10.1. The Bertz CT molecular complexity index is 564. The van der Waals surface area contributed by atoms with Gasteiger partial charge in [-0.25, -0.2) is 0 Å². The topological polar surface area (TPSA) is 87.3 Å². The summed E-state index contributed by atoms with van der Waals surface area (Å²) in [6, 6.07) is 0. The molecule has 0 saturated carbocycles. The van der Waals surface area contributed by atoms with Crippen LogP contribution >= 0.6 is 0 Å². The number of hydrogen-bond donors (Lipinski definition) is 0. The summed E-state index contributed by atoms with van der Waals surface area (Å²) in [5.74, 6) is -1.98. The fourth-order valence-electron chi connectivity index (χ4n) is 2.66. The highest BCUT2D eigenvalue weighted by Crippen LogP contribution is 2.26. The second-order valence-electron chi connectivity index (χ2n) is 5.61. The van der Waals surface area contributed by atoms with E-state index in [1.165, 1.54) is 13.1 Å². The van der Waals surface area contributed by atoms with Crippen LogP contribution in [-0.4, -0.2) is 59.7 Å². The Morgan fingerprint density at radius 3 is 2.57 bits per heavy atom. The van der Waals surface area contributed by atoms with Gasteiger partial charge in [0.2, 0.25) is 11.8 Å². The molecule has 0 radical (unpaired) electrons. The summed E-state index contributed by atoms with van der Waals surface area (Å²) >= 11 is 0. The zero-order chi connectivity index (χ0) is 15.1. The quantitative estimate of drug-likeness (QED) is 0.502. The molecule has 7 nitrogen and oxygen atoms in total. The van der Waals surface area contributed by atoms with Gasteiger partial charge in [-0.2, -0.15) is 0 Å². The van der Waals surface area contributed by atoms with E-state index in [0.29, 0.717) is 18.6 Å². The van der Waals surface area contributed by atoms with Crippen LogP contribution in [0.3, 0.4) is 0 Å². The van der Waals surface area contributed by atoms with Crippen LogP contribution in [0.15, 0.2) is 11.6 Å². The molecule has 2 saturated heterocycles. The Kier molecular flexibility index (Phi) is 3.36. The van der Waals surface area contributed by atoms with Gasteiger partial charge in [0.05, 0.1) is 18.6 Å². The highest BCUT2D eigenvalue weighted by Gasteiger charge is 2.41. The number of likely N-dealkylation sites (tertiary alicyclic amines) is 1. The number of hydrogen-bond acceptors (Lipinski definition) is 5. The fraction of sp³-hybridized carbons (Fsp3) is 0.571. The molecule has 0 aromatic heterocycles. The molecule has 3 aliphatic heterocycles. The lowest BCUT2D eigenvalue weighted by Gasteiger charge is -2.18. The largest absolute Gasteiger partial charge is 0.373 e. The molecule has 2 fully saturated rings. The van der Waals surface area contributed by atoms with Gasteiger partial charge in [0, 0.05) is 31.7 Å². The molecular formula is C14H16N2O5. The van der Waals surface area contributed by atoms with E-state index in [9.17, 15) is 19.2 Å². The number of nitrogens with zero attached hydrogens (tertiary/aromatic N) is 2. The summed E-state index contributed by atoms with van der Waals surface area (Å²) in [5, 5.41) is 0. The Morgan fingerprint density at radius 1 is 1.29 bits per heavy atom. The van der Waals surface area contributed by atoms with E-state index in [1.54, 1.807) is 0 Å². The minimum absolute atomic E-state index is 0.0213. The number of amides is 4. The van der Waals surface area contributed by atoms with E-state index in [-0.39, 0.29) is 36.8 Å². The van der Waals surface area contributed by atoms with Crippen molar-refractivity contribution >= 4 is 23.6 Å². The molecule has 3 aliphatic rings. The second kappa shape index (κ2) is 5.07. The molecule has 0 N–H and O–H groups in total. The molecule has 21 heavy (non-hydrogen) atoms. The molecule has 0 aromatic rings. The highest BCUT2D eigenvalue weighted by molar-refractivity contribution is 6.16. The molecule has 4 amide bonds. The van der Waals surface area contributed by atoms with Crippen molar-refractivity contribution in [3.05, 3.63) is 11.6 Å². The van der Waals surface area contributed by atoms with Crippen molar-refractivity contribution < 1.29 is 23.9 Å². The summed E-state index contributed by atoms with van der Waals surface area (Å²) in [6.45, 7) is 0.691. The minimum atomic E-state index is -0.616. The minimum Gasteiger partial charge on any atom is -0.373 e. The van der Waals surface area contributed by atoms with Crippen LogP contribution in [0.5, 0.6) is 0 Å². The number of carbonyl (C=O) groups is 4. The molecule has 112 valence electrons. The number of rotatable bonds is 5. The molecular weight excluding hydrogens is 276 g/mol. The molecule has 3 heterocycles. The SMILES string of the molecule is CN1C(=O)CC(CN2C(=O)C=C(CCC3CO3)C2=O)C1=O. The lowest BCUT2D eigenvalue weighted by Crippen LogP contribution is -2.38. The summed E-state index contributed by atoms with van der Waals surface area (Å²) in [7, 11) is 1.41. The van der Waals surface area contributed by atoms with Gasteiger partial charge in [0.15, 0.2) is 0 Å². The Balaban J connectivity index is 1.61. The molecule has 0 aliphatic carbocycles. The normalized spacial score (nSPS) is 28.7. The van der Waals surface area contributed by atoms with Crippen molar-refractivity contribution in [2.75, 3.05) is 20.2 Å². The number of ether oxygens (including phenoxy) is 1. The fourth-order valence-corrected chi connectivity index (χ4v) is 2.66. The van der Waals surface area contributed by atoms with Gasteiger partial charge in [-0.05, 0) is 12.8 Å². The van der Waals surface area contributed by atoms with Crippen LogP contribution in [0, 0.1) is 5.92 Å². The standard InChI is InChI=1S/C14H16N2O5/c1-15-11(17)5-9(13(15)19)6-16-12(18)4-8(14(16)20)2-3-10-7-21-10/h4,9-10H,2-3,5-7H2,1H3. The van der Waals surface area contributed by atoms with Crippen molar-refractivity contribution in [1.29, 1.82) is 0 Å².